The van der Waals surface area contributed by atoms with Gasteiger partial charge in [0.05, 0.1) is 7.11 Å². The molecule has 6 heteroatoms. The standard InChI is InChI=1S/C18H26N2O4/c1-13(21)11-14(15-8-9-16(23-5)20-12-15)7-6-10-19-17(22)24-18(2,3)4/h8-9,11-12H,6-7,10H2,1-5H3,(H,19,22)/b14-11-. The number of methoxy groups -OCH3 is 1. The van der Waals surface area contributed by atoms with Crippen LogP contribution >= 0.6 is 0 Å². The zero-order valence-corrected chi connectivity index (χ0v) is 15.0. The largest absolute Gasteiger partial charge is 0.481 e. The van der Waals surface area contributed by atoms with E-state index in [1.165, 1.54) is 6.92 Å². The Morgan fingerprint density at radius 2 is 2.00 bits per heavy atom. The highest BCUT2D eigenvalue weighted by Crippen LogP contribution is 2.21. The average Bonchev–Trinajstić information content (AvgIpc) is 2.48. The molecule has 0 fully saturated rings. The van der Waals surface area contributed by atoms with Gasteiger partial charge in [-0.2, -0.15) is 0 Å². The predicted octanol–water partition coefficient (Wildman–Crippen LogP) is 3.37. The lowest BCUT2D eigenvalue weighted by Gasteiger charge is -2.19. The van der Waals surface area contributed by atoms with Crippen LogP contribution in [0.4, 0.5) is 4.79 Å². The summed E-state index contributed by atoms with van der Waals surface area (Å²) in [6.45, 7) is 7.43. The van der Waals surface area contributed by atoms with E-state index in [-0.39, 0.29) is 5.78 Å². The molecular formula is C18H26N2O4. The molecule has 0 saturated heterocycles. The number of ether oxygens (including phenoxy) is 2. The number of hydrogen-bond acceptors (Lipinski definition) is 5. The molecule has 1 aromatic rings. The summed E-state index contributed by atoms with van der Waals surface area (Å²) in [5, 5.41) is 2.71. The quantitative estimate of drug-likeness (QED) is 0.611. The first kappa shape index (κ1) is 19.7. The van der Waals surface area contributed by atoms with E-state index in [0.717, 1.165) is 11.1 Å². The highest BCUT2D eigenvalue weighted by Gasteiger charge is 2.15. The Hall–Kier alpha value is -2.37. The summed E-state index contributed by atoms with van der Waals surface area (Å²) in [7, 11) is 1.55. The van der Waals surface area contributed by atoms with Crippen LogP contribution in [0.5, 0.6) is 5.88 Å². The van der Waals surface area contributed by atoms with E-state index in [9.17, 15) is 9.59 Å². The molecule has 0 saturated carbocycles. The number of carbonyl (C=O) groups is 2. The van der Waals surface area contributed by atoms with Crippen molar-refractivity contribution >= 4 is 17.4 Å². The summed E-state index contributed by atoms with van der Waals surface area (Å²) in [5.41, 5.74) is 1.23. The topological polar surface area (TPSA) is 77.5 Å². The van der Waals surface area contributed by atoms with E-state index in [1.807, 2.05) is 26.8 Å². The molecule has 0 bridgehead atoms. The van der Waals surface area contributed by atoms with Gasteiger partial charge in [0.2, 0.25) is 5.88 Å². The van der Waals surface area contributed by atoms with Crippen LogP contribution in [0.3, 0.4) is 0 Å². The van der Waals surface area contributed by atoms with Crippen LogP contribution in [0, 0.1) is 0 Å². The Kier molecular flexibility index (Phi) is 7.42. The van der Waals surface area contributed by atoms with Crippen molar-refractivity contribution in [2.45, 2.75) is 46.1 Å². The Balaban J connectivity index is 2.59. The SMILES string of the molecule is COc1ccc(/C(=C\C(C)=O)CCCNC(=O)OC(C)(C)C)cn1. The third-order valence-electron chi connectivity index (χ3n) is 2.98. The third kappa shape index (κ3) is 7.76. The van der Waals surface area contributed by atoms with Gasteiger partial charge in [0.1, 0.15) is 5.60 Å². The van der Waals surface area contributed by atoms with Crippen molar-refractivity contribution in [3.63, 3.8) is 0 Å². The lowest BCUT2D eigenvalue weighted by atomic mass is 10.0. The fourth-order valence-corrected chi connectivity index (χ4v) is 2.02. The summed E-state index contributed by atoms with van der Waals surface area (Å²) < 4.78 is 10.2. The van der Waals surface area contributed by atoms with E-state index in [4.69, 9.17) is 9.47 Å². The number of nitrogens with zero attached hydrogens (tertiary/aromatic N) is 1. The van der Waals surface area contributed by atoms with Crippen LogP contribution in [0.15, 0.2) is 24.4 Å². The molecule has 0 unspecified atom stereocenters. The zero-order chi connectivity index (χ0) is 18.2. The van der Waals surface area contributed by atoms with Gasteiger partial charge in [-0.3, -0.25) is 4.79 Å². The second-order valence-corrected chi connectivity index (χ2v) is 6.40. The number of allylic oxidation sites excluding steroid dienone is 2. The molecule has 0 aliphatic rings. The Labute approximate surface area is 143 Å². The Morgan fingerprint density at radius 1 is 1.29 bits per heavy atom. The fourth-order valence-electron chi connectivity index (χ4n) is 2.02. The molecule has 0 aliphatic heterocycles. The number of ketones is 1. The van der Waals surface area contributed by atoms with Gasteiger partial charge in [-0.25, -0.2) is 9.78 Å². The van der Waals surface area contributed by atoms with Crippen molar-refractivity contribution in [1.29, 1.82) is 0 Å². The first-order valence-corrected chi connectivity index (χ1v) is 7.89. The Morgan fingerprint density at radius 3 is 2.50 bits per heavy atom. The minimum atomic E-state index is -0.515. The van der Waals surface area contributed by atoms with Gasteiger partial charge in [0.25, 0.3) is 0 Å². The zero-order valence-electron chi connectivity index (χ0n) is 15.0. The van der Waals surface area contributed by atoms with Crippen molar-refractivity contribution in [3.05, 3.63) is 30.0 Å². The lowest BCUT2D eigenvalue weighted by Crippen LogP contribution is -2.33. The van der Waals surface area contributed by atoms with Crippen LogP contribution < -0.4 is 10.1 Å². The maximum atomic E-state index is 11.6. The van der Waals surface area contributed by atoms with E-state index in [2.05, 4.69) is 10.3 Å². The predicted molar refractivity (Wildman–Crippen MR) is 92.9 cm³/mol. The number of amides is 1. The highest BCUT2D eigenvalue weighted by atomic mass is 16.6. The molecular weight excluding hydrogens is 308 g/mol. The molecule has 1 heterocycles. The van der Waals surface area contributed by atoms with Gasteiger partial charge in [-0.15, -0.1) is 0 Å². The summed E-state index contributed by atoms with van der Waals surface area (Å²) >= 11 is 0. The maximum Gasteiger partial charge on any atom is 0.407 e. The van der Waals surface area contributed by atoms with Crippen LogP contribution in [0.25, 0.3) is 5.57 Å². The molecule has 0 spiro atoms. The maximum absolute atomic E-state index is 11.6. The molecule has 0 aliphatic carbocycles. The molecule has 0 aromatic carbocycles. The third-order valence-corrected chi connectivity index (χ3v) is 2.98. The average molecular weight is 334 g/mol. The molecule has 24 heavy (non-hydrogen) atoms. The highest BCUT2D eigenvalue weighted by molar-refractivity contribution is 5.95. The van der Waals surface area contributed by atoms with Crippen LogP contribution in [0.2, 0.25) is 0 Å². The minimum Gasteiger partial charge on any atom is -0.481 e. The van der Waals surface area contributed by atoms with Crippen molar-refractivity contribution in [3.8, 4) is 5.88 Å². The molecule has 1 rings (SSSR count). The molecule has 0 radical (unpaired) electrons. The normalized spacial score (nSPS) is 11.8. The number of rotatable bonds is 7. The Bertz CT molecular complexity index is 586. The molecule has 132 valence electrons. The van der Waals surface area contributed by atoms with E-state index in [1.54, 1.807) is 25.4 Å². The molecule has 0 atom stereocenters. The number of carbonyl (C=O) groups excluding carboxylic acids is 2. The van der Waals surface area contributed by atoms with Crippen LogP contribution in [-0.4, -0.2) is 36.1 Å². The molecule has 1 N–H and O–H groups in total. The van der Waals surface area contributed by atoms with Crippen molar-refractivity contribution in [2.75, 3.05) is 13.7 Å². The number of aromatic nitrogens is 1. The van der Waals surface area contributed by atoms with Gasteiger partial charge in [0.15, 0.2) is 5.78 Å². The van der Waals surface area contributed by atoms with E-state index < -0.39 is 11.7 Å². The van der Waals surface area contributed by atoms with Crippen molar-refractivity contribution in [2.24, 2.45) is 0 Å². The minimum absolute atomic E-state index is 0.0269. The smallest absolute Gasteiger partial charge is 0.407 e. The number of alkyl carbamates (subject to hydrolysis) is 1. The summed E-state index contributed by atoms with van der Waals surface area (Å²) in [6, 6.07) is 3.62. The second-order valence-electron chi connectivity index (χ2n) is 6.40. The lowest BCUT2D eigenvalue weighted by molar-refractivity contribution is -0.112. The summed E-state index contributed by atoms with van der Waals surface area (Å²) in [5.74, 6) is 0.494. The summed E-state index contributed by atoms with van der Waals surface area (Å²) in [6.07, 6.45) is 4.16. The first-order chi connectivity index (χ1) is 11.2. The molecule has 6 nitrogen and oxygen atoms in total. The number of pyridine rings is 1. The van der Waals surface area contributed by atoms with Gasteiger partial charge in [-0.05, 0) is 63.8 Å². The van der Waals surface area contributed by atoms with Crippen LogP contribution in [-0.2, 0) is 9.53 Å². The van der Waals surface area contributed by atoms with Crippen molar-refractivity contribution < 1.29 is 19.1 Å². The van der Waals surface area contributed by atoms with Gasteiger partial charge in [-0.1, -0.05) is 0 Å². The van der Waals surface area contributed by atoms with E-state index >= 15 is 0 Å². The van der Waals surface area contributed by atoms with Crippen LogP contribution in [0.1, 0.15) is 46.1 Å². The molecule has 1 aromatic heterocycles. The second kappa shape index (κ2) is 9.05. The van der Waals surface area contributed by atoms with Gasteiger partial charge >= 0.3 is 6.09 Å². The monoisotopic (exact) mass is 334 g/mol. The number of nitrogens with one attached hydrogen (secondary N) is 1. The van der Waals surface area contributed by atoms with Gasteiger partial charge in [0, 0.05) is 18.8 Å². The summed E-state index contributed by atoms with van der Waals surface area (Å²) in [4.78, 5) is 27.2. The van der Waals surface area contributed by atoms with E-state index in [0.29, 0.717) is 25.3 Å². The van der Waals surface area contributed by atoms with Gasteiger partial charge < -0.3 is 14.8 Å². The molecule has 1 amide bonds. The first-order valence-electron chi connectivity index (χ1n) is 7.89. The fraction of sp³-hybridized carbons (Fsp3) is 0.500. The number of hydrogen-bond donors (Lipinski definition) is 1. The van der Waals surface area contributed by atoms with Crippen molar-refractivity contribution in [1.82, 2.24) is 10.3 Å².